The highest BCUT2D eigenvalue weighted by atomic mass is 19.4. The highest BCUT2D eigenvalue weighted by Gasteiger charge is 2.36. The molecule has 3 aromatic rings. The Morgan fingerprint density at radius 1 is 0.932 bits per heavy atom. The smallest absolute Gasteiger partial charge is 0.367 e. The zero-order valence-electron chi connectivity index (χ0n) is 24.7. The first-order valence-corrected chi connectivity index (χ1v) is 14.4. The number of aromatic amines is 1. The van der Waals surface area contributed by atoms with Crippen molar-refractivity contribution < 1.29 is 26.7 Å². The van der Waals surface area contributed by atoms with Crippen LogP contribution in [0.5, 0.6) is 0 Å². The first kappa shape index (κ1) is 31.5. The SMILES string of the molecule is C[C@@H]1CN(c2cc(F)c(N3CCN(Cc4ccc(F)cc4)CC3)cc2NC(=O)c2c[nH]c(=O)cc2C(F)(F)F)C[C@H](C)N1C. The lowest BCUT2D eigenvalue weighted by atomic mass is 10.1. The maximum absolute atomic E-state index is 15.8. The van der Waals surface area contributed by atoms with Gasteiger partial charge in [-0.2, -0.15) is 13.2 Å². The van der Waals surface area contributed by atoms with Gasteiger partial charge in [-0.3, -0.25) is 19.4 Å². The quantitative estimate of drug-likeness (QED) is 0.388. The number of benzene rings is 2. The van der Waals surface area contributed by atoms with Gasteiger partial charge in [0.05, 0.1) is 28.2 Å². The molecule has 1 aromatic heterocycles. The van der Waals surface area contributed by atoms with Gasteiger partial charge in [0, 0.05) is 76.2 Å². The van der Waals surface area contributed by atoms with Crippen LogP contribution < -0.4 is 20.7 Å². The Hall–Kier alpha value is -3.97. The summed E-state index contributed by atoms with van der Waals surface area (Å²) in [5.74, 6) is -1.90. The number of aromatic nitrogens is 1. The molecule has 236 valence electrons. The predicted molar refractivity (Wildman–Crippen MR) is 159 cm³/mol. The number of anilines is 3. The number of amides is 1. The maximum atomic E-state index is 15.8. The first-order valence-electron chi connectivity index (χ1n) is 14.4. The molecule has 0 saturated carbocycles. The van der Waals surface area contributed by atoms with Crippen molar-refractivity contribution in [3.8, 4) is 0 Å². The number of likely N-dealkylation sites (N-methyl/N-ethyl adjacent to an activating group) is 1. The summed E-state index contributed by atoms with van der Waals surface area (Å²) in [4.78, 5) is 35.2. The van der Waals surface area contributed by atoms with Gasteiger partial charge in [-0.05, 0) is 44.7 Å². The van der Waals surface area contributed by atoms with Crippen LogP contribution in [0.25, 0.3) is 0 Å². The van der Waals surface area contributed by atoms with Gasteiger partial charge < -0.3 is 20.1 Å². The lowest BCUT2D eigenvalue weighted by Gasteiger charge is -2.44. The minimum absolute atomic E-state index is 0.0928. The Morgan fingerprint density at radius 3 is 2.18 bits per heavy atom. The highest BCUT2D eigenvalue weighted by molar-refractivity contribution is 6.07. The fourth-order valence-electron chi connectivity index (χ4n) is 5.84. The number of carbonyl (C=O) groups excluding carboxylic acids is 1. The molecule has 1 amide bonds. The maximum Gasteiger partial charge on any atom is 0.417 e. The van der Waals surface area contributed by atoms with Crippen molar-refractivity contribution in [3.63, 3.8) is 0 Å². The minimum Gasteiger partial charge on any atom is -0.367 e. The van der Waals surface area contributed by atoms with E-state index in [1.54, 1.807) is 12.1 Å². The summed E-state index contributed by atoms with van der Waals surface area (Å²) < 4.78 is 70.3. The van der Waals surface area contributed by atoms with E-state index in [0.29, 0.717) is 57.6 Å². The molecule has 0 unspecified atom stereocenters. The molecule has 2 saturated heterocycles. The molecule has 2 aliphatic heterocycles. The highest BCUT2D eigenvalue weighted by Crippen LogP contribution is 2.37. The molecule has 0 aliphatic carbocycles. The summed E-state index contributed by atoms with van der Waals surface area (Å²) >= 11 is 0. The summed E-state index contributed by atoms with van der Waals surface area (Å²) in [6.07, 6.45) is -4.20. The Labute approximate surface area is 252 Å². The van der Waals surface area contributed by atoms with E-state index < -0.39 is 34.6 Å². The Balaban J connectivity index is 1.44. The lowest BCUT2D eigenvalue weighted by Crippen LogP contribution is -2.55. The van der Waals surface area contributed by atoms with Crippen LogP contribution in [-0.4, -0.2) is 79.1 Å². The van der Waals surface area contributed by atoms with Crippen LogP contribution in [0.3, 0.4) is 0 Å². The second kappa shape index (κ2) is 12.6. The fraction of sp³-hybridized carbons (Fsp3) is 0.419. The third-order valence-electron chi connectivity index (χ3n) is 8.52. The molecule has 3 heterocycles. The van der Waals surface area contributed by atoms with E-state index >= 15 is 4.39 Å². The number of alkyl halides is 3. The van der Waals surface area contributed by atoms with E-state index in [0.717, 1.165) is 11.8 Å². The zero-order chi connectivity index (χ0) is 31.8. The Morgan fingerprint density at radius 2 is 1.57 bits per heavy atom. The summed E-state index contributed by atoms with van der Waals surface area (Å²) in [6, 6.07) is 9.61. The molecule has 13 heteroatoms. The molecule has 2 atom stereocenters. The van der Waals surface area contributed by atoms with Crippen LogP contribution in [0.15, 0.2) is 53.5 Å². The van der Waals surface area contributed by atoms with Gasteiger partial charge in [0.25, 0.3) is 5.91 Å². The van der Waals surface area contributed by atoms with Gasteiger partial charge >= 0.3 is 6.18 Å². The summed E-state index contributed by atoms with van der Waals surface area (Å²) in [5.41, 5.74) is -1.39. The summed E-state index contributed by atoms with van der Waals surface area (Å²) in [6.45, 7) is 7.79. The molecular formula is C31H35F5N6O2. The van der Waals surface area contributed by atoms with Gasteiger partial charge in [0.2, 0.25) is 5.56 Å². The predicted octanol–water partition coefficient (Wildman–Crippen LogP) is 4.78. The molecule has 8 nitrogen and oxygen atoms in total. The van der Waals surface area contributed by atoms with Gasteiger partial charge in [0.1, 0.15) is 11.6 Å². The van der Waals surface area contributed by atoms with Gasteiger partial charge in [-0.1, -0.05) is 12.1 Å². The van der Waals surface area contributed by atoms with Crippen molar-refractivity contribution in [1.82, 2.24) is 14.8 Å². The third-order valence-corrected chi connectivity index (χ3v) is 8.52. The van der Waals surface area contributed by atoms with Crippen LogP contribution in [0.4, 0.5) is 39.0 Å². The molecule has 0 spiro atoms. The van der Waals surface area contributed by atoms with Gasteiger partial charge in [-0.25, -0.2) is 8.78 Å². The van der Waals surface area contributed by atoms with E-state index in [-0.39, 0.29) is 29.3 Å². The van der Waals surface area contributed by atoms with Crippen LogP contribution in [0.2, 0.25) is 0 Å². The van der Waals surface area contributed by atoms with E-state index in [1.165, 1.54) is 24.3 Å². The molecule has 2 aromatic carbocycles. The molecule has 2 N–H and O–H groups in total. The molecule has 0 bridgehead atoms. The molecular weight excluding hydrogens is 583 g/mol. The number of halogens is 5. The largest absolute Gasteiger partial charge is 0.417 e. The summed E-state index contributed by atoms with van der Waals surface area (Å²) in [7, 11) is 1.99. The number of pyridine rings is 1. The van der Waals surface area contributed by atoms with Crippen molar-refractivity contribution >= 4 is 23.0 Å². The number of hydrogen-bond donors (Lipinski definition) is 2. The monoisotopic (exact) mass is 618 g/mol. The standard InChI is InChI=1S/C31H35F5N6O2/c1-19-16-42(17-20(2)39(19)3)28-13-25(33)27(41-10-8-40(9-11-41)18-21-4-6-22(32)7-5-21)14-26(28)38-30(44)23-15-37-29(43)12-24(23)31(34,35)36/h4-7,12-15,19-20H,8-11,16-18H2,1-3H3,(H,37,43)(H,38,44)/t19-,20+. The van der Waals surface area contributed by atoms with Gasteiger partial charge in [-0.15, -0.1) is 0 Å². The van der Waals surface area contributed by atoms with Crippen LogP contribution >= 0.6 is 0 Å². The minimum atomic E-state index is -4.94. The Bertz CT molecular complexity index is 1540. The van der Waals surface area contributed by atoms with Crippen molar-refractivity contribution in [2.75, 3.05) is 61.4 Å². The number of hydrogen-bond acceptors (Lipinski definition) is 6. The average Bonchev–Trinajstić information content (AvgIpc) is 2.97. The van der Waals surface area contributed by atoms with Gasteiger partial charge in [0.15, 0.2) is 0 Å². The topological polar surface area (TPSA) is 74.9 Å². The number of nitrogens with zero attached hydrogens (tertiary/aromatic N) is 4. The van der Waals surface area contributed by atoms with E-state index in [9.17, 15) is 27.2 Å². The average molecular weight is 619 g/mol. The third kappa shape index (κ3) is 6.88. The Kier molecular flexibility index (Phi) is 8.98. The zero-order valence-corrected chi connectivity index (χ0v) is 24.7. The van der Waals surface area contributed by atoms with Crippen molar-refractivity contribution in [2.24, 2.45) is 0 Å². The van der Waals surface area contributed by atoms with E-state index in [2.05, 4.69) is 20.1 Å². The second-order valence-corrected chi connectivity index (χ2v) is 11.6. The molecule has 0 radical (unpaired) electrons. The van der Waals surface area contributed by atoms with Crippen molar-refractivity contribution in [3.05, 3.63) is 87.3 Å². The molecule has 2 aliphatic rings. The van der Waals surface area contributed by atoms with Crippen LogP contribution in [0, 0.1) is 11.6 Å². The first-order chi connectivity index (χ1) is 20.8. The van der Waals surface area contributed by atoms with Crippen LogP contribution in [0.1, 0.15) is 35.3 Å². The number of rotatable bonds is 6. The molecule has 5 rings (SSSR count). The normalized spacial score (nSPS) is 20.2. The number of piperazine rings is 2. The summed E-state index contributed by atoms with van der Waals surface area (Å²) in [5, 5.41) is 2.60. The van der Waals surface area contributed by atoms with E-state index in [4.69, 9.17) is 0 Å². The van der Waals surface area contributed by atoms with Crippen molar-refractivity contribution in [2.45, 2.75) is 38.7 Å². The van der Waals surface area contributed by atoms with Crippen molar-refractivity contribution in [1.29, 1.82) is 0 Å². The second-order valence-electron chi connectivity index (χ2n) is 11.6. The lowest BCUT2D eigenvalue weighted by molar-refractivity contribution is -0.138. The molecule has 2 fully saturated rings. The number of nitrogens with one attached hydrogen (secondary N) is 2. The molecule has 44 heavy (non-hydrogen) atoms. The fourth-order valence-corrected chi connectivity index (χ4v) is 5.84. The number of carbonyl (C=O) groups is 1. The van der Waals surface area contributed by atoms with E-state index in [1.807, 2.05) is 30.7 Å². The number of H-pyrrole nitrogens is 1. The van der Waals surface area contributed by atoms with Crippen LogP contribution in [-0.2, 0) is 12.7 Å².